The first kappa shape index (κ1) is 9.99. The smallest absolute Gasteiger partial charge is 0.126 e. The molecule has 0 fully saturated rings. The van der Waals surface area contributed by atoms with Crippen molar-refractivity contribution in [3.8, 4) is 0 Å². The minimum absolute atomic E-state index is 0.714. The monoisotopic (exact) mass is 218 g/mol. The highest BCUT2D eigenvalue weighted by atomic mass is 35.5. The molecule has 0 aliphatic heterocycles. The maximum atomic E-state index is 5.89. The zero-order valence-corrected chi connectivity index (χ0v) is 8.96. The van der Waals surface area contributed by atoms with E-state index in [0.29, 0.717) is 6.54 Å². The van der Waals surface area contributed by atoms with E-state index in [2.05, 4.69) is 16.9 Å². The van der Waals surface area contributed by atoms with Crippen molar-refractivity contribution in [3.05, 3.63) is 48.0 Å². The van der Waals surface area contributed by atoms with Gasteiger partial charge in [0.2, 0.25) is 0 Å². The molecule has 76 valence electrons. The summed E-state index contributed by atoms with van der Waals surface area (Å²) in [6.45, 7) is 4.36. The SMILES string of the molecule is C=CCNc1ccc2cc(Cl)ccc2n1. The van der Waals surface area contributed by atoms with E-state index in [4.69, 9.17) is 11.6 Å². The number of nitrogens with zero attached hydrogens (tertiary/aromatic N) is 1. The number of pyridine rings is 1. The molecule has 0 saturated heterocycles. The molecule has 0 aliphatic rings. The first-order chi connectivity index (χ1) is 7.29. The number of hydrogen-bond donors (Lipinski definition) is 1. The molecule has 0 saturated carbocycles. The number of benzene rings is 1. The lowest BCUT2D eigenvalue weighted by Gasteiger charge is -2.04. The summed E-state index contributed by atoms with van der Waals surface area (Å²) in [5, 5.41) is 4.92. The Morgan fingerprint density at radius 2 is 2.20 bits per heavy atom. The molecular formula is C12H11ClN2. The topological polar surface area (TPSA) is 24.9 Å². The van der Waals surface area contributed by atoms with Crippen molar-refractivity contribution in [1.82, 2.24) is 4.98 Å². The Kier molecular flexibility index (Phi) is 2.88. The number of hydrogen-bond acceptors (Lipinski definition) is 2. The van der Waals surface area contributed by atoms with Crippen molar-refractivity contribution in [1.29, 1.82) is 0 Å². The highest BCUT2D eigenvalue weighted by molar-refractivity contribution is 6.31. The maximum Gasteiger partial charge on any atom is 0.126 e. The van der Waals surface area contributed by atoms with Crippen LogP contribution in [0.25, 0.3) is 10.9 Å². The van der Waals surface area contributed by atoms with Gasteiger partial charge < -0.3 is 5.32 Å². The first-order valence-electron chi connectivity index (χ1n) is 4.70. The lowest BCUT2D eigenvalue weighted by Crippen LogP contribution is -1.99. The van der Waals surface area contributed by atoms with E-state index < -0.39 is 0 Å². The van der Waals surface area contributed by atoms with Crippen LogP contribution >= 0.6 is 11.6 Å². The summed E-state index contributed by atoms with van der Waals surface area (Å²) in [5.74, 6) is 0.852. The molecule has 1 heterocycles. The van der Waals surface area contributed by atoms with Gasteiger partial charge in [0.1, 0.15) is 5.82 Å². The molecule has 2 nitrogen and oxygen atoms in total. The molecule has 2 aromatic rings. The average molecular weight is 219 g/mol. The van der Waals surface area contributed by atoms with Crippen molar-refractivity contribution < 1.29 is 0 Å². The summed E-state index contributed by atoms with van der Waals surface area (Å²) in [7, 11) is 0. The van der Waals surface area contributed by atoms with Gasteiger partial charge in [-0.2, -0.15) is 0 Å². The van der Waals surface area contributed by atoms with Gasteiger partial charge in [-0.05, 0) is 30.3 Å². The molecule has 0 spiro atoms. The van der Waals surface area contributed by atoms with Crippen LogP contribution in [0.4, 0.5) is 5.82 Å². The third-order valence-electron chi connectivity index (χ3n) is 2.08. The number of anilines is 1. The second-order valence-corrected chi connectivity index (χ2v) is 3.64. The summed E-state index contributed by atoms with van der Waals surface area (Å²) in [4.78, 5) is 4.44. The van der Waals surface area contributed by atoms with E-state index in [0.717, 1.165) is 21.7 Å². The lowest BCUT2D eigenvalue weighted by atomic mass is 10.2. The molecule has 1 aromatic heterocycles. The Labute approximate surface area is 93.6 Å². The maximum absolute atomic E-state index is 5.89. The quantitative estimate of drug-likeness (QED) is 0.798. The van der Waals surface area contributed by atoms with Crippen LogP contribution in [0.3, 0.4) is 0 Å². The van der Waals surface area contributed by atoms with Crippen molar-refractivity contribution in [3.63, 3.8) is 0 Å². The molecule has 2 rings (SSSR count). The molecule has 3 heteroatoms. The average Bonchev–Trinajstić information content (AvgIpc) is 2.26. The first-order valence-corrected chi connectivity index (χ1v) is 5.08. The predicted molar refractivity (Wildman–Crippen MR) is 65.4 cm³/mol. The van der Waals surface area contributed by atoms with Gasteiger partial charge in [0.25, 0.3) is 0 Å². The number of halogens is 1. The predicted octanol–water partition coefficient (Wildman–Crippen LogP) is 3.49. The Bertz CT molecular complexity index is 494. The van der Waals surface area contributed by atoms with E-state index in [9.17, 15) is 0 Å². The summed E-state index contributed by atoms with van der Waals surface area (Å²) in [6, 6.07) is 9.59. The molecule has 0 bridgehead atoms. The van der Waals surface area contributed by atoms with Gasteiger partial charge in [0.05, 0.1) is 5.52 Å². The van der Waals surface area contributed by atoms with Crippen molar-refractivity contribution in [2.24, 2.45) is 0 Å². The van der Waals surface area contributed by atoms with E-state index in [1.807, 2.05) is 30.3 Å². The van der Waals surface area contributed by atoms with E-state index in [1.54, 1.807) is 6.08 Å². The molecular weight excluding hydrogens is 208 g/mol. The molecule has 1 aromatic carbocycles. The van der Waals surface area contributed by atoms with Gasteiger partial charge in [-0.25, -0.2) is 4.98 Å². The summed E-state index contributed by atoms with van der Waals surface area (Å²) >= 11 is 5.89. The number of fused-ring (bicyclic) bond motifs is 1. The molecule has 15 heavy (non-hydrogen) atoms. The normalized spacial score (nSPS) is 10.2. The molecule has 0 atom stereocenters. The number of aromatic nitrogens is 1. The van der Waals surface area contributed by atoms with Crippen LogP contribution in [-0.2, 0) is 0 Å². The van der Waals surface area contributed by atoms with Gasteiger partial charge in [0, 0.05) is 17.0 Å². The van der Waals surface area contributed by atoms with Crippen molar-refractivity contribution in [2.45, 2.75) is 0 Å². The standard InChI is InChI=1S/C12H11ClN2/c1-2-7-14-12-6-3-9-8-10(13)4-5-11(9)15-12/h2-6,8H,1,7H2,(H,14,15). The Balaban J connectivity index is 2.38. The third-order valence-corrected chi connectivity index (χ3v) is 2.31. The van der Waals surface area contributed by atoms with Crippen molar-refractivity contribution >= 4 is 28.3 Å². The van der Waals surface area contributed by atoms with E-state index in [1.165, 1.54) is 0 Å². The second kappa shape index (κ2) is 4.32. The van der Waals surface area contributed by atoms with Crippen LogP contribution in [0, 0.1) is 0 Å². The van der Waals surface area contributed by atoms with Gasteiger partial charge >= 0.3 is 0 Å². The van der Waals surface area contributed by atoms with E-state index >= 15 is 0 Å². The van der Waals surface area contributed by atoms with Gasteiger partial charge in [-0.1, -0.05) is 17.7 Å². The number of nitrogens with one attached hydrogen (secondary N) is 1. The van der Waals surface area contributed by atoms with Crippen LogP contribution in [0.5, 0.6) is 0 Å². The second-order valence-electron chi connectivity index (χ2n) is 3.20. The van der Waals surface area contributed by atoms with Crippen molar-refractivity contribution in [2.75, 3.05) is 11.9 Å². The minimum Gasteiger partial charge on any atom is -0.367 e. The van der Waals surface area contributed by atoms with Gasteiger partial charge in [0.15, 0.2) is 0 Å². The zero-order valence-electron chi connectivity index (χ0n) is 8.20. The zero-order chi connectivity index (χ0) is 10.7. The lowest BCUT2D eigenvalue weighted by molar-refractivity contribution is 1.26. The molecule has 0 radical (unpaired) electrons. The van der Waals surface area contributed by atoms with Crippen LogP contribution < -0.4 is 5.32 Å². The summed E-state index contributed by atoms with van der Waals surface area (Å²) in [6.07, 6.45) is 1.80. The van der Waals surface area contributed by atoms with Crippen LogP contribution in [0.1, 0.15) is 0 Å². The molecule has 0 unspecified atom stereocenters. The van der Waals surface area contributed by atoms with Gasteiger partial charge in [-0.3, -0.25) is 0 Å². The van der Waals surface area contributed by atoms with E-state index in [-0.39, 0.29) is 0 Å². The summed E-state index contributed by atoms with van der Waals surface area (Å²) < 4.78 is 0. The van der Waals surface area contributed by atoms with Crippen LogP contribution in [0.2, 0.25) is 5.02 Å². The number of rotatable bonds is 3. The fourth-order valence-corrected chi connectivity index (χ4v) is 1.55. The van der Waals surface area contributed by atoms with Crippen LogP contribution in [0.15, 0.2) is 43.0 Å². The Hall–Kier alpha value is -1.54. The summed E-state index contributed by atoms with van der Waals surface area (Å²) in [5.41, 5.74) is 0.938. The minimum atomic E-state index is 0.714. The highest BCUT2D eigenvalue weighted by Gasteiger charge is 1.97. The molecule has 0 aliphatic carbocycles. The van der Waals surface area contributed by atoms with Crippen LogP contribution in [-0.4, -0.2) is 11.5 Å². The molecule has 0 amide bonds. The highest BCUT2D eigenvalue weighted by Crippen LogP contribution is 2.19. The Morgan fingerprint density at radius 1 is 1.33 bits per heavy atom. The van der Waals surface area contributed by atoms with Gasteiger partial charge in [-0.15, -0.1) is 6.58 Å². The third kappa shape index (κ3) is 2.28. The fraction of sp³-hybridized carbons (Fsp3) is 0.0833. The molecule has 1 N–H and O–H groups in total. The Morgan fingerprint density at radius 3 is 3.00 bits per heavy atom. The fourth-order valence-electron chi connectivity index (χ4n) is 1.37. The largest absolute Gasteiger partial charge is 0.367 e.